The number of rotatable bonds is 69. The van der Waals surface area contributed by atoms with Gasteiger partial charge in [0.25, 0.3) is 0 Å². The number of phosphoric acid groups is 1. The Morgan fingerprint density at radius 2 is 0.642 bits per heavy atom. The SMILES string of the molecule is CCCCCCC/C=C\C/C=C\CCCCCCCCCCCCCCCCCCCCCC(=O)OC(COC(=O)CCCCCCCCCCCCCCCCCCCCCCCCCCCCCCC)COP(=O)(O)OCCN. The molecule has 0 heterocycles. The van der Waals surface area contributed by atoms with Crippen LogP contribution in [0.15, 0.2) is 24.3 Å². The van der Waals surface area contributed by atoms with Crippen LogP contribution in [0, 0.1) is 0 Å². The standard InChI is InChI=1S/C71H138NO8P/c1-3-5-7-9-11-13-15-17-19-21-23-25-27-29-31-33-34-36-38-40-42-44-46-48-50-52-54-56-58-60-62-64-71(74)80-69(68-79-81(75,76)78-66-65-72)67-77-70(73)63-61-59-57-55-53-51-49-47-45-43-41-39-37-35-32-30-28-26-24-22-20-18-16-14-12-10-8-6-4-2/h15,17,21,23,69H,3-14,16,18-20,22,24-68,72H2,1-2H3,(H,75,76)/b17-15-,23-21-. The predicted molar refractivity (Wildman–Crippen MR) is 349 cm³/mol. The normalized spacial score (nSPS) is 13.0. The first-order chi connectivity index (χ1) is 39.8. The second-order valence-corrected chi connectivity index (χ2v) is 25.9. The van der Waals surface area contributed by atoms with Crippen molar-refractivity contribution in [3.63, 3.8) is 0 Å². The summed E-state index contributed by atoms with van der Waals surface area (Å²) in [6.45, 7) is 3.82. The zero-order valence-corrected chi connectivity index (χ0v) is 55.0. The van der Waals surface area contributed by atoms with E-state index in [1.165, 1.54) is 315 Å². The van der Waals surface area contributed by atoms with Gasteiger partial charge in [-0.05, 0) is 44.9 Å². The molecule has 2 atom stereocenters. The van der Waals surface area contributed by atoms with Gasteiger partial charge >= 0.3 is 19.8 Å². The summed E-state index contributed by atoms with van der Waals surface area (Å²) in [6.07, 6.45) is 82.9. The van der Waals surface area contributed by atoms with Crippen molar-refractivity contribution < 1.29 is 37.6 Å². The van der Waals surface area contributed by atoms with Gasteiger partial charge in [-0.3, -0.25) is 18.6 Å². The van der Waals surface area contributed by atoms with Gasteiger partial charge in [-0.1, -0.05) is 353 Å². The minimum absolute atomic E-state index is 0.0570. The molecule has 0 aromatic rings. The largest absolute Gasteiger partial charge is 0.472 e. The number of hydrogen-bond acceptors (Lipinski definition) is 8. The van der Waals surface area contributed by atoms with Crippen LogP contribution in [0.25, 0.3) is 0 Å². The number of hydrogen-bond donors (Lipinski definition) is 2. The monoisotopic (exact) mass is 1160 g/mol. The molecule has 3 N–H and O–H groups in total. The van der Waals surface area contributed by atoms with Crippen LogP contribution in [-0.2, 0) is 32.7 Å². The highest BCUT2D eigenvalue weighted by Gasteiger charge is 2.26. The lowest BCUT2D eigenvalue weighted by Gasteiger charge is -2.19. The molecule has 0 fully saturated rings. The van der Waals surface area contributed by atoms with Crippen molar-refractivity contribution in [1.29, 1.82) is 0 Å². The van der Waals surface area contributed by atoms with Gasteiger partial charge < -0.3 is 20.1 Å². The lowest BCUT2D eigenvalue weighted by molar-refractivity contribution is -0.161. The quantitative estimate of drug-likeness (QED) is 0.0264. The summed E-state index contributed by atoms with van der Waals surface area (Å²) in [5.41, 5.74) is 5.41. The van der Waals surface area contributed by atoms with Crippen molar-refractivity contribution in [2.24, 2.45) is 5.73 Å². The van der Waals surface area contributed by atoms with Gasteiger partial charge in [-0.25, -0.2) is 4.57 Å². The van der Waals surface area contributed by atoms with Crippen LogP contribution in [0.3, 0.4) is 0 Å². The lowest BCUT2D eigenvalue weighted by atomic mass is 10.0. The van der Waals surface area contributed by atoms with Gasteiger partial charge in [0, 0.05) is 19.4 Å². The molecule has 0 amide bonds. The number of esters is 2. The molecule has 2 unspecified atom stereocenters. The molecule has 0 radical (unpaired) electrons. The van der Waals surface area contributed by atoms with Gasteiger partial charge in [-0.15, -0.1) is 0 Å². The molecular weight excluding hydrogens is 1030 g/mol. The number of unbranched alkanes of at least 4 members (excludes halogenated alkanes) is 52. The Kier molecular flexibility index (Phi) is 66.4. The maximum Gasteiger partial charge on any atom is 0.472 e. The van der Waals surface area contributed by atoms with E-state index in [0.29, 0.717) is 6.42 Å². The second-order valence-electron chi connectivity index (χ2n) is 24.5. The van der Waals surface area contributed by atoms with Crippen LogP contribution in [0.5, 0.6) is 0 Å². The fourth-order valence-corrected chi connectivity index (χ4v) is 11.8. The maximum absolute atomic E-state index is 12.8. The zero-order valence-electron chi connectivity index (χ0n) is 54.1. The third-order valence-electron chi connectivity index (χ3n) is 16.3. The first kappa shape index (κ1) is 79.5. The smallest absolute Gasteiger partial charge is 0.462 e. The first-order valence-electron chi connectivity index (χ1n) is 35.8. The second kappa shape index (κ2) is 67.6. The minimum Gasteiger partial charge on any atom is -0.462 e. The van der Waals surface area contributed by atoms with E-state index in [-0.39, 0.29) is 38.6 Å². The van der Waals surface area contributed by atoms with Crippen molar-refractivity contribution in [3.8, 4) is 0 Å². The lowest BCUT2D eigenvalue weighted by Crippen LogP contribution is -2.29. The summed E-state index contributed by atoms with van der Waals surface area (Å²) in [5, 5.41) is 0. The molecule has 0 saturated carbocycles. The molecule has 10 heteroatoms. The van der Waals surface area contributed by atoms with E-state index in [9.17, 15) is 19.0 Å². The van der Waals surface area contributed by atoms with Crippen LogP contribution in [0.2, 0.25) is 0 Å². The topological polar surface area (TPSA) is 134 Å². The highest BCUT2D eigenvalue weighted by Crippen LogP contribution is 2.43. The third-order valence-corrected chi connectivity index (χ3v) is 17.3. The summed E-state index contributed by atoms with van der Waals surface area (Å²) in [4.78, 5) is 35.4. The van der Waals surface area contributed by atoms with Crippen LogP contribution in [0.4, 0.5) is 0 Å². The average Bonchev–Trinajstić information content (AvgIpc) is 3.46. The number of phosphoric ester groups is 1. The molecule has 81 heavy (non-hydrogen) atoms. The zero-order chi connectivity index (χ0) is 58.7. The van der Waals surface area contributed by atoms with E-state index in [1.54, 1.807) is 0 Å². The minimum atomic E-state index is -4.39. The van der Waals surface area contributed by atoms with Crippen LogP contribution >= 0.6 is 7.82 Å². The highest BCUT2D eigenvalue weighted by atomic mass is 31.2. The number of ether oxygens (including phenoxy) is 2. The molecule has 480 valence electrons. The molecule has 0 bridgehead atoms. The van der Waals surface area contributed by atoms with E-state index in [4.69, 9.17) is 24.3 Å². The molecule has 0 aromatic carbocycles. The number of carbonyl (C=O) groups excluding carboxylic acids is 2. The Morgan fingerprint density at radius 1 is 0.370 bits per heavy atom. The first-order valence-corrected chi connectivity index (χ1v) is 37.3. The number of carbonyl (C=O) groups is 2. The van der Waals surface area contributed by atoms with Gasteiger partial charge in [0.05, 0.1) is 13.2 Å². The molecule has 0 aliphatic rings. The molecule has 0 spiro atoms. The Labute approximate surface area is 503 Å². The van der Waals surface area contributed by atoms with Crippen molar-refractivity contribution in [2.75, 3.05) is 26.4 Å². The number of allylic oxidation sites excluding steroid dienone is 4. The van der Waals surface area contributed by atoms with Crippen molar-refractivity contribution in [1.82, 2.24) is 0 Å². The van der Waals surface area contributed by atoms with Crippen LogP contribution < -0.4 is 5.73 Å². The molecule has 9 nitrogen and oxygen atoms in total. The molecule has 0 rings (SSSR count). The average molecular weight is 1160 g/mol. The van der Waals surface area contributed by atoms with Crippen LogP contribution in [-0.4, -0.2) is 49.3 Å². The molecule has 0 aliphatic heterocycles. The summed E-state index contributed by atoms with van der Waals surface area (Å²) in [6, 6.07) is 0. The maximum atomic E-state index is 12.8. The molecule has 0 aromatic heterocycles. The Bertz CT molecular complexity index is 1380. The van der Waals surface area contributed by atoms with Gasteiger partial charge in [0.1, 0.15) is 6.61 Å². The summed E-state index contributed by atoms with van der Waals surface area (Å²) in [5.74, 6) is -0.801. The Morgan fingerprint density at radius 3 is 0.938 bits per heavy atom. The predicted octanol–water partition coefficient (Wildman–Crippen LogP) is 23.3. The summed E-state index contributed by atoms with van der Waals surface area (Å²) in [7, 11) is -4.39. The summed E-state index contributed by atoms with van der Waals surface area (Å²) < 4.78 is 33.2. The fourth-order valence-electron chi connectivity index (χ4n) is 11.0. The highest BCUT2D eigenvalue weighted by molar-refractivity contribution is 7.47. The van der Waals surface area contributed by atoms with Gasteiger partial charge in [0.15, 0.2) is 6.10 Å². The van der Waals surface area contributed by atoms with Crippen LogP contribution in [0.1, 0.15) is 386 Å². The molecule has 0 saturated heterocycles. The Balaban J connectivity index is 3.80. The Hall–Kier alpha value is -1.51. The molecular formula is C71H138NO8P. The summed E-state index contributed by atoms with van der Waals surface area (Å²) >= 11 is 0. The van der Waals surface area contributed by atoms with E-state index in [2.05, 4.69) is 38.2 Å². The fraction of sp³-hybridized carbons (Fsp3) is 0.915. The van der Waals surface area contributed by atoms with E-state index in [0.717, 1.165) is 38.5 Å². The molecule has 0 aliphatic carbocycles. The van der Waals surface area contributed by atoms with E-state index < -0.39 is 26.5 Å². The van der Waals surface area contributed by atoms with Crippen molar-refractivity contribution in [2.45, 2.75) is 392 Å². The van der Waals surface area contributed by atoms with Crippen molar-refractivity contribution in [3.05, 3.63) is 24.3 Å². The van der Waals surface area contributed by atoms with Gasteiger partial charge in [0.2, 0.25) is 0 Å². The van der Waals surface area contributed by atoms with Gasteiger partial charge in [-0.2, -0.15) is 0 Å². The van der Waals surface area contributed by atoms with E-state index in [1.807, 2.05) is 0 Å². The van der Waals surface area contributed by atoms with Crippen molar-refractivity contribution >= 4 is 19.8 Å². The third kappa shape index (κ3) is 67.5. The number of nitrogens with two attached hydrogens (primary N) is 1. The van der Waals surface area contributed by atoms with E-state index >= 15 is 0 Å².